The van der Waals surface area contributed by atoms with Crippen molar-refractivity contribution in [2.75, 3.05) is 4.90 Å². The number of para-hydroxylation sites is 1. The first-order valence-electron chi connectivity index (χ1n) is 18.3. The lowest BCUT2D eigenvalue weighted by Crippen LogP contribution is -2.09. The number of fused-ring (bicyclic) bond motifs is 11. The van der Waals surface area contributed by atoms with Gasteiger partial charge in [0, 0.05) is 70.4 Å². The fraction of sp³-hybridized carbons (Fsp3) is 0. The topological polar surface area (TPSA) is 42.4 Å². The van der Waals surface area contributed by atoms with E-state index >= 15 is 0 Å². The van der Waals surface area contributed by atoms with E-state index in [2.05, 4.69) is 150 Å². The van der Waals surface area contributed by atoms with Gasteiger partial charge in [-0.25, -0.2) is 4.98 Å². The van der Waals surface area contributed by atoms with Gasteiger partial charge in [-0.05, 0) is 90.0 Å². The predicted molar refractivity (Wildman–Crippen MR) is 233 cm³/mol. The second kappa shape index (κ2) is 11.9. The van der Waals surface area contributed by atoms with Crippen LogP contribution in [0.1, 0.15) is 0 Å². The highest BCUT2D eigenvalue weighted by molar-refractivity contribution is 7.25. The largest absolute Gasteiger partial charge is 0.456 e. The zero-order valence-corrected chi connectivity index (χ0v) is 30.8. The molecule has 4 nitrogen and oxygen atoms in total. The van der Waals surface area contributed by atoms with Crippen LogP contribution in [0.3, 0.4) is 0 Å². The van der Waals surface area contributed by atoms with E-state index in [4.69, 9.17) is 13.8 Å². The van der Waals surface area contributed by atoms with Crippen LogP contribution in [0.5, 0.6) is 0 Å². The summed E-state index contributed by atoms with van der Waals surface area (Å²) < 4.78 is 16.6. The van der Waals surface area contributed by atoms with Gasteiger partial charge in [0.25, 0.3) is 0 Å². The summed E-state index contributed by atoms with van der Waals surface area (Å²) in [6.07, 6.45) is 0. The van der Waals surface area contributed by atoms with E-state index in [0.29, 0.717) is 0 Å². The SMILES string of the molecule is c1ccc(-c2nc3ccc4oc5cc(-c6ccc(N(c7ccc8c(c7)oc7ccccc78)c7ccc8sc9ccccc9c8c7)cc6)ccc5c4c3s2)cc1. The van der Waals surface area contributed by atoms with Crippen molar-refractivity contribution in [2.45, 2.75) is 0 Å². The second-order valence-electron chi connectivity index (χ2n) is 13.9. The minimum atomic E-state index is 0.869. The molecule has 258 valence electrons. The van der Waals surface area contributed by atoms with Crippen molar-refractivity contribution in [2.24, 2.45) is 0 Å². The number of aromatic nitrogens is 1. The van der Waals surface area contributed by atoms with Crippen LogP contribution in [-0.4, -0.2) is 4.98 Å². The van der Waals surface area contributed by atoms with Gasteiger partial charge in [-0.1, -0.05) is 84.9 Å². The van der Waals surface area contributed by atoms with Crippen LogP contribution in [0.25, 0.3) is 96.0 Å². The molecule has 0 aliphatic heterocycles. The molecule has 12 aromatic rings. The summed E-state index contributed by atoms with van der Waals surface area (Å²) >= 11 is 3.56. The van der Waals surface area contributed by atoms with Crippen LogP contribution in [0.15, 0.2) is 179 Å². The monoisotopic (exact) mass is 740 g/mol. The quantitative estimate of drug-likeness (QED) is 0.176. The molecule has 0 unspecified atom stereocenters. The van der Waals surface area contributed by atoms with Crippen molar-refractivity contribution < 1.29 is 8.83 Å². The van der Waals surface area contributed by atoms with Crippen molar-refractivity contribution in [3.8, 4) is 21.7 Å². The molecule has 0 amide bonds. The van der Waals surface area contributed by atoms with E-state index < -0.39 is 0 Å². The Labute approximate surface area is 322 Å². The Morgan fingerprint density at radius 3 is 1.98 bits per heavy atom. The van der Waals surface area contributed by atoms with Gasteiger partial charge in [-0.15, -0.1) is 22.7 Å². The second-order valence-corrected chi connectivity index (χ2v) is 16.0. The molecule has 12 rings (SSSR count). The summed E-state index contributed by atoms with van der Waals surface area (Å²) in [6.45, 7) is 0. The molecule has 0 atom stereocenters. The number of nitrogens with zero attached hydrogens (tertiary/aromatic N) is 2. The number of thiazole rings is 1. The highest BCUT2D eigenvalue weighted by Gasteiger charge is 2.19. The van der Waals surface area contributed by atoms with Crippen molar-refractivity contribution in [1.29, 1.82) is 0 Å². The lowest BCUT2D eigenvalue weighted by Gasteiger charge is -2.26. The molecule has 4 heterocycles. The molecular formula is C49H28N2O2S2. The molecule has 55 heavy (non-hydrogen) atoms. The first-order valence-corrected chi connectivity index (χ1v) is 19.9. The van der Waals surface area contributed by atoms with Crippen molar-refractivity contribution in [3.63, 3.8) is 0 Å². The van der Waals surface area contributed by atoms with Crippen LogP contribution in [0, 0.1) is 0 Å². The van der Waals surface area contributed by atoms with E-state index in [1.54, 1.807) is 11.3 Å². The molecule has 0 aliphatic rings. The van der Waals surface area contributed by atoms with E-state index in [-0.39, 0.29) is 0 Å². The number of anilines is 3. The van der Waals surface area contributed by atoms with Crippen LogP contribution in [-0.2, 0) is 0 Å². The first-order chi connectivity index (χ1) is 27.2. The third-order valence-electron chi connectivity index (χ3n) is 10.7. The zero-order valence-electron chi connectivity index (χ0n) is 29.2. The maximum atomic E-state index is 6.49. The molecule has 0 fully saturated rings. The maximum Gasteiger partial charge on any atom is 0.137 e. The molecule has 0 N–H and O–H groups in total. The lowest BCUT2D eigenvalue weighted by atomic mass is 10.0. The Morgan fingerprint density at radius 1 is 0.400 bits per heavy atom. The Morgan fingerprint density at radius 2 is 1.07 bits per heavy atom. The van der Waals surface area contributed by atoms with Gasteiger partial charge in [0.1, 0.15) is 27.3 Å². The summed E-state index contributed by atoms with van der Waals surface area (Å²) in [5, 5.41) is 8.03. The summed E-state index contributed by atoms with van der Waals surface area (Å²) in [4.78, 5) is 7.30. The van der Waals surface area contributed by atoms with Crippen molar-refractivity contribution in [1.82, 2.24) is 4.98 Å². The average molecular weight is 741 g/mol. The third kappa shape index (κ3) is 4.85. The normalized spacial score (nSPS) is 12.0. The molecule has 0 saturated carbocycles. The molecule has 8 aromatic carbocycles. The highest BCUT2D eigenvalue weighted by atomic mass is 32.1. The van der Waals surface area contributed by atoms with E-state index in [0.717, 1.165) is 92.9 Å². The number of rotatable bonds is 5. The summed E-state index contributed by atoms with van der Waals surface area (Å²) in [5.41, 5.74) is 11.0. The van der Waals surface area contributed by atoms with E-state index in [1.807, 2.05) is 35.6 Å². The van der Waals surface area contributed by atoms with Gasteiger partial charge in [-0.2, -0.15) is 0 Å². The molecule has 0 saturated heterocycles. The van der Waals surface area contributed by atoms with Crippen molar-refractivity contribution >= 4 is 114 Å². The van der Waals surface area contributed by atoms with Crippen LogP contribution in [0.4, 0.5) is 17.1 Å². The van der Waals surface area contributed by atoms with Gasteiger partial charge in [0.2, 0.25) is 0 Å². The van der Waals surface area contributed by atoms with Gasteiger partial charge >= 0.3 is 0 Å². The predicted octanol–water partition coefficient (Wildman–Crippen LogP) is 15.3. The fourth-order valence-corrected chi connectivity index (χ4v) is 10.3. The minimum Gasteiger partial charge on any atom is -0.456 e. The number of hydrogen-bond donors (Lipinski definition) is 0. The number of hydrogen-bond acceptors (Lipinski definition) is 6. The smallest absolute Gasteiger partial charge is 0.137 e. The molecular weight excluding hydrogens is 713 g/mol. The summed E-state index contributed by atoms with van der Waals surface area (Å²) in [7, 11) is 0. The Kier molecular flexibility index (Phi) is 6.64. The average Bonchev–Trinajstić information content (AvgIpc) is 4.02. The first kappa shape index (κ1) is 30.7. The molecule has 0 radical (unpaired) electrons. The molecule has 6 heteroatoms. The highest BCUT2D eigenvalue weighted by Crippen LogP contribution is 2.44. The van der Waals surface area contributed by atoms with Crippen LogP contribution >= 0.6 is 22.7 Å². The van der Waals surface area contributed by atoms with E-state index in [1.165, 1.54) is 20.2 Å². The molecule has 4 aromatic heterocycles. The van der Waals surface area contributed by atoms with Crippen LogP contribution in [0.2, 0.25) is 0 Å². The third-order valence-corrected chi connectivity index (χ3v) is 13.0. The Balaban J connectivity index is 0.961. The molecule has 0 aliphatic carbocycles. The molecule has 0 spiro atoms. The zero-order chi connectivity index (χ0) is 36.0. The summed E-state index contributed by atoms with van der Waals surface area (Å²) in [5.74, 6) is 0. The van der Waals surface area contributed by atoms with Crippen molar-refractivity contribution in [3.05, 3.63) is 170 Å². The Hall–Kier alpha value is -6.73. The number of benzene rings is 8. The van der Waals surface area contributed by atoms with Gasteiger partial charge in [0.15, 0.2) is 0 Å². The lowest BCUT2D eigenvalue weighted by molar-refractivity contribution is 0.669. The van der Waals surface area contributed by atoms with Crippen LogP contribution < -0.4 is 4.90 Å². The number of furan rings is 2. The minimum absolute atomic E-state index is 0.869. The van der Waals surface area contributed by atoms with Gasteiger partial charge in [-0.3, -0.25) is 0 Å². The standard InChI is InChI=1S/C49H28N2O2S2/c1-2-8-30(9-3-1)49-50-40-23-24-42-47(48(40)55-49)38-21-16-31(26-43(38)53-42)29-14-17-32(18-15-29)51(33-20-25-46-39(27-33)37-11-5-7-13-45(37)54-46)34-19-22-36-35-10-4-6-12-41(35)52-44(36)28-34/h1-28H. The molecule has 0 bridgehead atoms. The Bertz CT molecular complexity index is 3440. The van der Waals surface area contributed by atoms with Gasteiger partial charge < -0.3 is 13.7 Å². The number of thiophene rings is 1. The van der Waals surface area contributed by atoms with Gasteiger partial charge in [0.05, 0.1) is 10.2 Å². The van der Waals surface area contributed by atoms with E-state index in [9.17, 15) is 0 Å². The fourth-order valence-electron chi connectivity index (χ4n) is 8.09. The summed E-state index contributed by atoms with van der Waals surface area (Å²) in [6, 6.07) is 60.1. The maximum absolute atomic E-state index is 6.49.